The molecule has 0 radical (unpaired) electrons. The maximum Gasteiger partial charge on any atom is 0.241 e. The van der Waals surface area contributed by atoms with Gasteiger partial charge in [-0.1, -0.05) is 25.4 Å². The highest BCUT2D eigenvalue weighted by atomic mass is 35.5. The summed E-state index contributed by atoms with van der Waals surface area (Å²) in [6.07, 6.45) is 0. The molecule has 1 aromatic heterocycles. The molecule has 2 aromatic rings. The molecule has 4 nitrogen and oxygen atoms in total. The highest BCUT2D eigenvalue weighted by Gasteiger charge is 2.19. The maximum atomic E-state index is 12.0. The van der Waals surface area contributed by atoms with Crippen LogP contribution in [0.3, 0.4) is 0 Å². The van der Waals surface area contributed by atoms with Crippen molar-refractivity contribution >= 4 is 44.7 Å². The van der Waals surface area contributed by atoms with Crippen molar-refractivity contribution in [1.29, 1.82) is 0 Å². The Morgan fingerprint density at radius 2 is 2.22 bits per heavy atom. The van der Waals surface area contributed by atoms with Crippen molar-refractivity contribution in [3.8, 4) is 0 Å². The lowest BCUT2D eigenvalue weighted by atomic mass is 10.0. The zero-order valence-corrected chi connectivity index (χ0v) is 11.7. The van der Waals surface area contributed by atoms with E-state index in [0.717, 1.165) is 4.70 Å². The number of hydrogen-bond acceptors (Lipinski definition) is 4. The minimum absolute atomic E-state index is 0.0680. The predicted molar refractivity (Wildman–Crippen MR) is 76.1 cm³/mol. The predicted octanol–water partition coefficient (Wildman–Crippen LogP) is 2.87. The summed E-state index contributed by atoms with van der Waals surface area (Å²) >= 11 is 7.60. The van der Waals surface area contributed by atoms with Crippen LogP contribution < -0.4 is 11.1 Å². The van der Waals surface area contributed by atoms with Gasteiger partial charge in [0.15, 0.2) is 0 Å². The Kier molecular flexibility index (Phi) is 3.85. The first-order valence-electron chi connectivity index (χ1n) is 5.59. The monoisotopic (exact) mass is 283 g/mol. The van der Waals surface area contributed by atoms with Crippen LogP contribution in [-0.4, -0.2) is 16.9 Å². The summed E-state index contributed by atoms with van der Waals surface area (Å²) in [7, 11) is 0. The van der Waals surface area contributed by atoms with E-state index in [1.54, 1.807) is 11.6 Å². The van der Waals surface area contributed by atoms with Crippen LogP contribution in [0.2, 0.25) is 5.02 Å². The van der Waals surface area contributed by atoms with E-state index in [9.17, 15) is 4.79 Å². The Morgan fingerprint density at radius 1 is 1.50 bits per heavy atom. The summed E-state index contributed by atoms with van der Waals surface area (Å²) in [5.41, 5.74) is 8.77. The quantitative estimate of drug-likeness (QED) is 0.910. The van der Waals surface area contributed by atoms with Crippen LogP contribution in [0, 0.1) is 5.92 Å². The van der Waals surface area contributed by atoms with Crippen LogP contribution in [0.1, 0.15) is 13.8 Å². The van der Waals surface area contributed by atoms with Gasteiger partial charge in [-0.15, -0.1) is 11.3 Å². The zero-order chi connectivity index (χ0) is 13.3. The Bertz CT molecular complexity index is 582. The number of anilines is 1. The number of carbonyl (C=O) groups excluding carboxylic acids is 1. The number of thiazole rings is 1. The van der Waals surface area contributed by atoms with Crippen LogP contribution >= 0.6 is 22.9 Å². The van der Waals surface area contributed by atoms with E-state index in [2.05, 4.69) is 10.3 Å². The average Bonchev–Trinajstić information content (AvgIpc) is 2.79. The molecule has 0 fully saturated rings. The number of benzene rings is 1. The van der Waals surface area contributed by atoms with Crippen LogP contribution in [0.25, 0.3) is 10.2 Å². The number of rotatable bonds is 3. The summed E-state index contributed by atoms with van der Waals surface area (Å²) in [4.78, 5) is 16.2. The van der Waals surface area contributed by atoms with Gasteiger partial charge in [-0.05, 0) is 18.1 Å². The minimum Gasteiger partial charge on any atom is -0.322 e. The third-order valence-electron chi connectivity index (χ3n) is 2.72. The molecule has 1 heterocycles. The number of carbonyl (C=O) groups is 1. The van der Waals surface area contributed by atoms with Crippen molar-refractivity contribution < 1.29 is 4.79 Å². The third kappa shape index (κ3) is 2.48. The SMILES string of the molecule is CC(C)[C@H](N)C(=O)Nc1c(Cl)ccc2scnc12. The van der Waals surface area contributed by atoms with Crippen molar-refractivity contribution in [1.82, 2.24) is 4.98 Å². The summed E-state index contributed by atoms with van der Waals surface area (Å²) in [6, 6.07) is 3.07. The van der Waals surface area contributed by atoms with Gasteiger partial charge >= 0.3 is 0 Å². The molecular formula is C12H14ClN3OS. The van der Waals surface area contributed by atoms with Gasteiger partial charge in [0, 0.05) is 0 Å². The molecule has 0 bridgehead atoms. The molecule has 0 aliphatic rings. The number of aromatic nitrogens is 1. The summed E-state index contributed by atoms with van der Waals surface area (Å²) in [5, 5.41) is 3.24. The van der Waals surface area contributed by atoms with Crippen molar-refractivity contribution in [2.24, 2.45) is 11.7 Å². The van der Waals surface area contributed by atoms with Crippen molar-refractivity contribution in [2.45, 2.75) is 19.9 Å². The molecule has 0 aliphatic heterocycles. The lowest BCUT2D eigenvalue weighted by molar-refractivity contribution is -0.118. The number of nitrogens with two attached hydrogens (primary N) is 1. The Hall–Kier alpha value is -1.17. The molecule has 0 saturated heterocycles. The number of fused-ring (bicyclic) bond motifs is 1. The van der Waals surface area contributed by atoms with E-state index >= 15 is 0 Å². The first kappa shape index (κ1) is 13.3. The van der Waals surface area contributed by atoms with Gasteiger partial charge in [-0.3, -0.25) is 4.79 Å². The zero-order valence-electron chi connectivity index (χ0n) is 10.1. The second-order valence-corrected chi connectivity index (χ2v) is 5.67. The number of halogens is 1. The lowest BCUT2D eigenvalue weighted by Crippen LogP contribution is -2.39. The first-order chi connectivity index (χ1) is 8.50. The molecule has 1 amide bonds. The van der Waals surface area contributed by atoms with E-state index in [4.69, 9.17) is 17.3 Å². The largest absolute Gasteiger partial charge is 0.322 e. The second-order valence-electron chi connectivity index (χ2n) is 4.38. The fourth-order valence-electron chi connectivity index (χ4n) is 1.53. The third-order valence-corrected chi connectivity index (χ3v) is 3.83. The summed E-state index contributed by atoms with van der Waals surface area (Å²) < 4.78 is 0.979. The fraction of sp³-hybridized carbons (Fsp3) is 0.333. The first-order valence-corrected chi connectivity index (χ1v) is 6.84. The molecule has 1 atom stereocenters. The van der Waals surface area contributed by atoms with Gasteiger partial charge in [0.2, 0.25) is 5.91 Å². The highest BCUT2D eigenvalue weighted by Crippen LogP contribution is 2.32. The Labute approximate surface area is 114 Å². The molecular weight excluding hydrogens is 270 g/mol. The van der Waals surface area contributed by atoms with Crippen LogP contribution in [0.4, 0.5) is 5.69 Å². The smallest absolute Gasteiger partial charge is 0.241 e. The Balaban J connectivity index is 2.34. The molecule has 18 heavy (non-hydrogen) atoms. The minimum atomic E-state index is -0.560. The van der Waals surface area contributed by atoms with Gasteiger partial charge in [-0.25, -0.2) is 4.98 Å². The van der Waals surface area contributed by atoms with Gasteiger partial charge < -0.3 is 11.1 Å². The molecule has 0 unspecified atom stereocenters. The number of amides is 1. The van der Waals surface area contributed by atoms with E-state index in [0.29, 0.717) is 16.2 Å². The molecule has 96 valence electrons. The second kappa shape index (κ2) is 5.22. The van der Waals surface area contributed by atoms with E-state index < -0.39 is 6.04 Å². The number of nitrogens with zero attached hydrogens (tertiary/aromatic N) is 1. The van der Waals surface area contributed by atoms with Gasteiger partial charge in [0.25, 0.3) is 0 Å². The molecule has 0 aliphatic carbocycles. The van der Waals surface area contributed by atoms with E-state index in [-0.39, 0.29) is 11.8 Å². The van der Waals surface area contributed by atoms with Gasteiger partial charge in [0.05, 0.1) is 27.0 Å². The van der Waals surface area contributed by atoms with Crippen molar-refractivity contribution in [2.75, 3.05) is 5.32 Å². The normalized spacial score (nSPS) is 12.9. The highest BCUT2D eigenvalue weighted by molar-refractivity contribution is 7.16. The summed E-state index contributed by atoms with van der Waals surface area (Å²) in [5.74, 6) is -0.175. The topological polar surface area (TPSA) is 68.0 Å². The molecule has 1 aromatic carbocycles. The van der Waals surface area contributed by atoms with Crippen molar-refractivity contribution in [3.05, 3.63) is 22.7 Å². The number of nitrogens with one attached hydrogen (secondary N) is 1. The maximum absolute atomic E-state index is 12.0. The molecule has 6 heteroatoms. The van der Waals surface area contributed by atoms with E-state index in [1.165, 1.54) is 11.3 Å². The summed E-state index contributed by atoms with van der Waals surface area (Å²) in [6.45, 7) is 3.80. The molecule has 0 saturated carbocycles. The number of hydrogen-bond donors (Lipinski definition) is 2. The molecule has 0 spiro atoms. The van der Waals surface area contributed by atoms with Crippen LogP contribution in [0.5, 0.6) is 0 Å². The molecule has 2 rings (SSSR count). The van der Waals surface area contributed by atoms with Crippen molar-refractivity contribution in [3.63, 3.8) is 0 Å². The average molecular weight is 284 g/mol. The van der Waals surface area contributed by atoms with Gasteiger partial charge in [-0.2, -0.15) is 0 Å². The van der Waals surface area contributed by atoms with Gasteiger partial charge in [0.1, 0.15) is 5.52 Å². The molecule has 3 N–H and O–H groups in total. The fourth-order valence-corrected chi connectivity index (χ4v) is 2.42. The standard InChI is InChI=1S/C12H14ClN3OS/c1-6(2)9(14)12(17)16-10-7(13)3-4-8-11(10)15-5-18-8/h3-6,9H,14H2,1-2H3,(H,16,17)/t9-/m0/s1. The van der Waals surface area contributed by atoms with E-state index in [1.807, 2.05) is 19.9 Å². The Morgan fingerprint density at radius 3 is 2.89 bits per heavy atom. The lowest BCUT2D eigenvalue weighted by Gasteiger charge is -2.16. The van der Waals surface area contributed by atoms with Crippen LogP contribution in [0.15, 0.2) is 17.6 Å². The van der Waals surface area contributed by atoms with Crippen LogP contribution in [-0.2, 0) is 4.79 Å².